The number of hydrogen-bond donors (Lipinski definition) is 1. The molecule has 0 saturated carbocycles. The standard InChI is InChI=1S/C11H11F6NS/c1-19-5-9(18)6-2-7(10(12,13)14)4-8(3-6)11(15,16)17/h2-4,9H,5,18H2,1H3. The van der Waals surface area contributed by atoms with Crippen molar-refractivity contribution in [3.8, 4) is 0 Å². The monoisotopic (exact) mass is 303 g/mol. The number of alkyl halides is 6. The van der Waals surface area contributed by atoms with E-state index in [-0.39, 0.29) is 17.4 Å². The molecule has 0 bridgehead atoms. The highest BCUT2D eigenvalue weighted by atomic mass is 32.2. The number of hydrogen-bond acceptors (Lipinski definition) is 2. The molecule has 0 aliphatic heterocycles. The van der Waals surface area contributed by atoms with Crippen molar-refractivity contribution in [3.63, 3.8) is 0 Å². The highest BCUT2D eigenvalue weighted by Gasteiger charge is 2.37. The van der Waals surface area contributed by atoms with Gasteiger partial charge in [-0.1, -0.05) is 0 Å². The predicted octanol–water partition coefficient (Wildman–Crippen LogP) is 4.09. The molecule has 1 aromatic rings. The number of rotatable bonds is 3. The molecule has 1 unspecified atom stereocenters. The molecule has 0 aliphatic rings. The maximum atomic E-state index is 12.6. The van der Waals surface area contributed by atoms with Crippen molar-refractivity contribution in [2.24, 2.45) is 5.73 Å². The molecule has 2 N–H and O–H groups in total. The molecule has 1 rings (SSSR count). The Morgan fingerprint density at radius 3 is 1.74 bits per heavy atom. The number of benzene rings is 1. The van der Waals surface area contributed by atoms with Gasteiger partial charge in [-0.3, -0.25) is 0 Å². The molecule has 0 fully saturated rings. The average molecular weight is 303 g/mol. The smallest absolute Gasteiger partial charge is 0.323 e. The Hall–Kier alpha value is -0.890. The minimum absolute atomic E-state index is 0.0926. The highest BCUT2D eigenvalue weighted by molar-refractivity contribution is 7.98. The minimum Gasteiger partial charge on any atom is -0.323 e. The van der Waals surface area contributed by atoms with Gasteiger partial charge in [-0.25, -0.2) is 0 Å². The Balaban J connectivity index is 3.33. The summed E-state index contributed by atoms with van der Waals surface area (Å²) in [5.74, 6) is 0.235. The lowest BCUT2D eigenvalue weighted by Gasteiger charge is -2.17. The van der Waals surface area contributed by atoms with Crippen molar-refractivity contribution >= 4 is 11.8 Å². The van der Waals surface area contributed by atoms with Crippen molar-refractivity contribution in [1.29, 1.82) is 0 Å². The average Bonchev–Trinajstić information content (AvgIpc) is 2.26. The third-order valence-electron chi connectivity index (χ3n) is 2.38. The molecular weight excluding hydrogens is 292 g/mol. The van der Waals surface area contributed by atoms with Crippen LogP contribution in [0.15, 0.2) is 18.2 Å². The topological polar surface area (TPSA) is 26.0 Å². The molecule has 1 nitrogen and oxygen atoms in total. The largest absolute Gasteiger partial charge is 0.416 e. The molecule has 19 heavy (non-hydrogen) atoms. The Morgan fingerprint density at radius 1 is 1.00 bits per heavy atom. The first kappa shape index (κ1) is 16.2. The van der Waals surface area contributed by atoms with Gasteiger partial charge in [0.15, 0.2) is 0 Å². The van der Waals surface area contributed by atoms with Gasteiger partial charge < -0.3 is 5.73 Å². The van der Waals surface area contributed by atoms with Gasteiger partial charge in [0.2, 0.25) is 0 Å². The summed E-state index contributed by atoms with van der Waals surface area (Å²) in [6.07, 6.45) is -8.01. The van der Waals surface area contributed by atoms with Crippen LogP contribution in [-0.2, 0) is 12.4 Å². The third kappa shape index (κ3) is 4.31. The van der Waals surface area contributed by atoms with Crippen LogP contribution in [0.25, 0.3) is 0 Å². The molecule has 0 heterocycles. The normalized spacial score (nSPS) is 14.5. The number of halogens is 6. The fraction of sp³-hybridized carbons (Fsp3) is 0.455. The van der Waals surface area contributed by atoms with E-state index in [4.69, 9.17) is 5.73 Å². The number of thioether (sulfide) groups is 1. The van der Waals surface area contributed by atoms with Crippen molar-refractivity contribution in [2.75, 3.05) is 12.0 Å². The van der Waals surface area contributed by atoms with Crippen LogP contribution in [0, 0.1) is 0 Å². The maximum Gasteiger partial charge on any atom is 0.416 e. The summed E-state index contributed by atoms with van der Waals surface area (Å²) in [5, 5.41) is 0. The van der Waals surface area contributed by atoms with Gasteiger partial charge in [0.05, 0.1) is 11.1 Å². The zero-order valence-corrected chi connectivity index (χ0v) is 10.6. The predicted molar refractivity (Wildman–Crippen MR) is 61.8 cm³/mol. The summed E-state index contributed by atoms with van der Waals surface area (Å²) in [6, 6.07) is 0.542. The lowest BCUT2D eigenvalue weighted by Crippen LogP contribution is -2.17. The maximum absolute atomic E-state index is 12.6. The zero-order chi connectivity index (χ0) is 14.8. The molecule has 0 aromatic heterocycles. The van der Waals surface area contributed by atoms with Crippen molar-refractivity contribution in [1.82, 2.24) is 0 Å². The van der Waals surface area contributed by atoms with Crippen LogP contribution in [0.1, 0.15) is 22.7 Å². The van der Waals surface area contributed by atoms with Crippen LogP contribution >= 0.6 is 11.8 Å². The van der Waals surface area contributed by atoms with E-state index >= 15 is 0 Å². The van der Waals surface area contributed by atoms with Crippen molar-refractivity contribution < 1.29 is 26.3 Å². The molecule has 0 spiro atoms. The summed E-state index contributed by atoms with van der Waals surface area (Å²) in [7, 11) is 0. The Morgan fingerprint density at radius 2 is 1.42 bits per heavy atom. The zero-order valence-electron chi connectivity index (χ0n) is 9.77. The Labute approximate surface area is 110 Å². The first-order chi connectivity index (χ1) is 8.55. The second kappa shape index (κ2) is 5.62. The van der Waals surface area contributed by atoms with E-state index in [2.05, 4.69) is 0 Å². The molecule has 8 heteroatoms. The van der Waals surface area contributed by atoms with E-state index in [1.54, 1.807) is 6.26 Å². The van der Waals surface area contributed by atoms with Gasteiger partial charge in [0.25, 0.3) is 0 Å². The van der Waals surface area contributed by atoms with Crippen LogP contribution in [0.4, 0.5) is 26.3 Å². The van der Waals surface area contributed by atoms with Crippen LogP contribution in [-0.4, -0.2) is 12.0 Å². The van der Waals surface area contributed by atoms with Crippen LogP contribution in [0.2, 0.25) is 0 Å². The van der Waals surface area contributed by atoms with Crippen molar-refractivity contribution in [2.45, 2.75) is 18.4 Å². The minimum atomic E-state index is -4.84. The SMILES string of the molecule is CSCC(N)c1cc(C(F)(F)F)cc(C(F)(F)F)c1. The molecule has 0 amide bonds. The molecular formula is C11H11F6NS. The van der Waals surface area contributed by atoms with Gasteiger partial charge in [0.1, 0.15) is 0 Å². The summed E-state index contributed by atoms with van der Waals surface area (Å²) >= 11 is 1.24. The molecule has 0 saturated heterocycles. The summed E-state index contributed by atoms with van der Waals surface area (Å²) in [4.78, 5) is 0. The van der Waals surface area contributed by atoms with Gasteiger partial charge >= 0.3 is 12.4 Å². The van der Waals surface area contributed by atoms with Gasteiger partial charge in [0, 0.05) is 11.8 Å². The lowest BCUT2D eigenvalue weighted by atomic mass is 10.0. The molecule has 1 aromatic carbocycles. The van der Waals surface area contributed by atoms with E-state index in [0.29, 0.717) is 12.1 Å². The second-order valence-electron chi connectivity index (χ2n) is 3.90. The molecule has 1 atom stereocenters. The fourth-order valence-corrected chi connectivity index (χ4v) is 2.02. The van der Waals surface area contributed by atoms with Crippen LogP contribution in [0.3, 0.4) is 0 Å². The van der Waals surface area contributed by atoms with E-state index in [1.165, 1.54) is 11.8 Å². The summed E-state index contributed by atoms with van der Waals surface area (Å²) < 4.78 is 75.4. The fourth-order valence-electron chi connectivity index (χ4n) is 1.47. The first-order valence-corrected chi connectivity index (χ1v) is 6.49. The van der Waals surface area contributed by atoms with E-state index < -0.39 is 29.5 Å². The Kier molecular flexibility index (Phi) is 4.78. The van der Waals surface area contributed by atoms with Gasteiger partial charge in [-0.05, 0) is 30.0 Å². The molecule has 0 aliphatic carbocycles. The second-order valence-corrected chi connectivity index (χ2v) is 4.81. The van der Waals surface area contributed by atoms with Crippen LogP contribution < -0.4 is 5.73 Å². The third-order valence-corrected chi connectivity index (χ3v) is 3.08. The molecule has 0 radical (unpaired) electrons. The summed E-state index contributed by atoms with van der Waals surface area (Å²) in [6.45, 7) is 0. The highest BCUT2D eigenvalue weighted by Crippen LogP contribution is 2.37. The Bertz CT molecular complexity index is 408. The molecule has 108 valence electrons. The van der Waals surface area contributed by atoms with E-state index in [9.17, 15) is 26.3 Å². The van der Waals surface area contributed by atoms with E-state index in [1.807, 2.05) is 0 Å². The quantitative estimate of drug-likeness (QED) is 0.851. The van der Waals surface area contributed by atoms with E-state index in [0.717, 1.165) is 0 Å². The van der Waals surface area contributed by atoms with Crippen LogP contribution in [0.5, 0.6) is 0 Å². The summed E-state index contributed by atoms with van der Waals surface area (Å²) in [5.41, 5.74) is 2.73. The number of nitrogens with two attached hydrogens (primary N) is 1. The first-order valence-electron chi connectivity index (χ1n) is 5.09. The lowest BCUT2D eigenvalue weighted by molar-refractivity contribution is -0.143. The van der Waals surface area contributed by atoms with Gasteiger partial charge in [-0.2, -0.15) is 38.1 Å². The van der Waals surface area contributed by atoms with Crippen molar-refractivity contribution in [3.05, 3.63) is 34.9 Å². The van der Waals surface area contributed by atoms with Gasteiger partial charge in [-0.15, -0.1) is 0 Å².